The van der Waals surface area contributed by atoms with Crippen molar-refractivity contribution in [3.05, 3.63) is 16.3 Å². The van der Waals surface area contributed by atoms with Gasteiger partial charge in [0.25, 0.3) is 0 Å². The second-order valence-electron chi connectivity index (χ2n) is 5.97. The summed E-state index contributed by atoms with van der Waals surface area (Å²) in [6.07, 6.45) is 9.13. The summed E-state index contributed by atoms with van der Waals surface area (Å²) in [6, 6.07) is 0. The van der Waals surface area contributed by atoms with Crippen molar-refractivity contribution in [3.8, 4) is 0 Å². The Labute approximate surface area is 124 Å². The topological polar surface area (TPSA) is 51.8 Å². The summed E-state index contributed by atoms with van der Waals surface area (Å²) in [6.45, 7) is 4.25. The molecule has 4 heteroatoms. The van der Waals surface area contributed by atoms with Gasteiger partial charge in [0, 0.05) is 10.8 Å². The first-order valence-corrected chi connectivity index (χ1v) is 8.51. The number of anilines is 1. The van der Waals surface area contributed by atoms with Gasteiger partial charge in [-0.15, -0.1) is 11.3 Å². The van der Waals surface area contributed by atoms with Crippen LogP contribution in [-0.2, 0) is 0 Å². The van der Waals surface area contributed by atoms with Crippen LogP contribution in [0.1, 0.15) is 67.1 Å². The molecule has 2 N–H and O–H groups in total. The first kappa shape index (κ1) is 13.8. The van der Waals surface area contributed by atoms with Gasteiger partial charge < -0.3 is 5.73 Å². The predicted molar refractivity (Wildman–Crippen MR) is 86.4 cm³/mol. The van der Waals surface area contributed by atoms with E-state index < -0.39 is 0 Å². The Bertz CT molecular complexity index is 610. The maximum atomic E-state index is 6.20. The van der Waals surface area contributed by atoms with E-state index in [1.54, 1.807) is 11.3 Å². The van der Waals surface area contributed by atoms with Crippen LogP contribution in [0.3, 0.4) is 0 Å². The van der Waals surface area contributed by atoms with Crippen LogP contribution in [0.4, 0.5) is 5.82 Å². The molecule has 0 saturated heterocycles. The van der Waals surface area contributed by atoms with Gasteiger partial charge in [-0.2, -0.15) is 0 Å². The van der Waals surface area contributed by atoms with Gasteiger partial charge in [0.05, 0.1) is 5.39 Å². The Morgan fingerprint density at radius 1 is 1.00 bits per heavy atom. The SMILES string of the molecule is Cc1sc2nc(C3CCCCCCC3)nc(N)c2c1C. The van der Waals surface area contributed by atoms with Gasteiger partial charge in [-0.3, -0.25) is 0 Å². The van der Waals surface area contributed by atoms with E-state index in [0.29, 0.717) is 11.7 Å². The molecule has 0 aliphatic heterocycles. The molecule has 0 amide bonds. The molecule has 1 aliphatic carbocycles. The number of nitrogens with two attached hydrogens (primary N) is 1. The lowest BCUT2D eigenvalue weighted by Gasteiger charge is -2.18. The molecule has 108 valence electrons. The summed E-state index contributed by atoms with van der Waals surface area (Å²) in [5.74, 6) is 2.16. The van der Waals surface area contributed by atoms with Crippen LogP contribution in [0.2, 0.25) is 0 Å². The number of nitrogen functional groups attached to an aromatic ring is 1. The summed E-state index contributed by atoms with van der Waals surface area (Å²) >= 11 is 1.75. The van der Waals surface area contributed by atoms with E-state index in [-0.39, 0.29) is 0 Å². The molecule has 2 aromatic rings. The molecule has 20 heavy (non-hydrogen) atoms. The lowest BCUT2D eigenvalue weighted by Crippen LogP contribution is -2.08. The Kier molecular flexibility index (Phi) is 3.92. The molecule has 1 aliphatic rings. The van der Waals surface area contributed by atoms with Crippen molar-refractivity contribution in [2.24, 2.45) is 0 Å². The molecule has 1 fully saturated rings. The highest BCUT2D eigenvalue weighted by atomic mass is 32.1. The molecule has 3 nitrogen and oxygen atoms in total. The fraction of sp³-hybridized carbons (Fsp3) is 0.625. The minimum atomic E-state index is 0.504. The fourth-order valence-corrected chi connectivity index (χ4v) is 4.24. The van der Waals surface area contributed by atoms with Gasteiger partial charge in [-0.05, 0) is 32.3 Å². The number of aromatic nitrogens is 2. The van der Waals surface area contributed by atoms with E-state index in [1.807, 2.05) is 0 Å². The lowest BCUT2D eigenvalue weighted by molar-refractivity contribution is 0.443. The molecule has 0 aromatic carbocycles. The van der Waals surface area contributed by atoms with E-state index in [0.717, 1.165) is 16.0 Å². The van der Waals surface area contributed by atoms with E-state index >= 15 is 0 Å². The van der Waals surface area contributed by atoms with Gasteiger partial charge in [-0.1, -0.05) is 32.1 Å². The van der Waals surface area contributed by atoms with Gasteiger partial charge >= 0.3 is 0 Å². The summed E-state index contributed by atoms with van der Waals surface area (Å²) in [7, 11) is 0. The Morgan fingerprint density at radius 2 is 1.65 bits per heavy atom. The zero-order valence-electron chi connectivity index (χ0n) is 12.4. The van der Waals surface area contributed by atoms with Crippen LogP contribution in [0.5, 0.6) is 0 Å². The first-order valence-electron chi connectivity index (χ1n) is 7.70. The maximum absolute atomic E-state index is 6.20. The number of rotatable bonds is 1. The van der Waals surface area contributed by atoms with Crippen molar-refractivity contribution >= 4 is 27.4 Å². The van der Waals surface area contributed by atoms with Crippen molar-refractivity contribution in [2.75, 3.05) is 5.73 Å². The number of hydrogen-bond acceptors (Lipinski definition) is 4. The fourth-order valence-electron chi connectivity index (χ4n) is 3.19. The van der Waals surface area contributed by atoms with Gasteiger partial charge in [0.15, 0.2) is 0 Å². The van der Waals surface area contributed by atoms with Crippen molar-refractivity contribution in [3.63, 3.8) is 0 Å². The van der Waals surface area contributed by atoms with Gasteiger partial charge in [-0.25, -0.2) is 9.97 Å². The number of hydrogen-bond donors (Lipinski definition) is 1. The highest BCUT2D eigenvalue weighted by Gasteiger charge is 2.19. The molecule has 2 aromatic heterocycles. The van der Waals surface area contributed by atoms with Gasteiger partial charge in [0.1, 0.15) is 16.5 Å². The average Bonchev–Trinajstić information content (AvgIpc) is 2.64. The summed E-state index contributed by atoms with van der Waals surface area (Å²) in [5, 5.41) is 1.07. The predicted octanol–water partition coefficient (Wildman–Crippen LogP) is 4.72. The van der Waals surface area contributed by atoms with Crippen molar-refractivity contribution in [2.45, 2.75) is 64.7 Å². The third kappa shape index (κ3) is 2.53. The molecule has 0 radical (unpaired) electrons. The number of thiophene rings is 1. The molecular formula is C16H23N3S. The molecule has 0 atom stereocenters. The molecule has 1 saturated carbocycles. The van der Waals surface area contributed by atoms with Crippen LogP contribution in [0.25, 0.3) is 10.2 Å². The van der Waals surface area contributed by atoms with Crippen molar-refractivity contribution < 1.29 is 0 Å². The zero-order chi connectivity index (χ0) is 14.1. The standard InChI is InChI=1S/C16H23N3S/c1-10-11(2)20-16-13(10)14(17)18-15(19-16)12-8-6-4-3-5-7-9-12/h12H,3-9H2,1-2H3,(H2,17,18,19). The summed E-state index contributed by atoms with van der Waals surface area (Å²) in [4.78, 5) is 11.9. The molecule has 0 unspecified atom stereocenters. The monoisotopic (exact) mass is 289 g/mol. The minimum absolute atomic E-state index is 0.504. The largest absolute Gasteiger partial charge is 0.383 e. The highest BCUT2D eigenvalue weighted by molar-refractivity contribution is 7.18. The molecular weight excluding hydrogens is 266 g/mol. The minimum Gasteiger partial charge on any atom is -0.383 e. The van der Waals surface area contributed by atoms with E-state index in [2.05, 4.69) is 18.8 Å². The molecule has 3 rings (SSSR count). The Morgan fingerprint density at radius 3 is 2.35 bits per heavy atom. The first-order chi connectivity index (χ1) is 9.66. The summed E-state index contributed by atoms with van der Waals surface area (Å²) in [5.41, 5.74) is 7.45. The third-order valence-electron chi connectivity index (χ3n) is 4.54. The van der Waals surface area contributed by atoms with Gasteiger partial charge in [0.2, 0.25) is 0 Å². The smallest absolute Gasteiger partial charge is 0.136 e. The second-order valence-corrected chi connectivity index (χ2v) is 7.18. The van der Waals surface area contributed by atoms with Crippen LogP contribution in [-0.4, -0.2) is 9.97 Å². The second kappa shape index (κ2) is 5.68. The average molecular weight is 289 g/mol. The van der Waals surface area contributed by atoms with Crippen LogP contribution >= 0.6 is 11.3 Å². The normalized spacial score (nSPS) is 18.1. The van der Waals surface area contributed by atoms with Crippen LogP contribution in [0, 0.1) is 13.8 Å². The quantitative estimate of drug-likeness (QED) is 0.826. The number of fused-ring (bicyclic) bond motifs is 1. The maximum Gasteiger partial charge on any atom is 0.136 e. The van der Waals surface area contributed by atoms with E-state index in [1.165, 1.54) is 55.4 Å². The molecule has 0 bridgehead atoms. The zero-order valence-corrected chi connectivity index (χ0v) is 13.2. The summed E-state index contributed by atoms with van der Waals surface area (Å²) < 4.78 is 0. The molecule has 2 heterocycles. The number of nitrogens with zero attached hydrogens (tertiary/aromatic N) is 2. The Hall–Kier alpha value is -1.16. The number of aryl methyl sites for hydroxylation is 2. The van der Waals surface area contributed by atoms with E-state index in [9.17, 15) is 0 Å². The van der Waals surface area contributed by atoms with Crippen molar-refractivity contribution in [1.82, 2.24) is 9.97 Å². The van der Waals surface area contributed by atoms with E-state index in [4.69, 9.17) is 10.7 Å². The molecule has 0 spiro atoms. The third-order valence-corrected chi connectivity index (χ3v) is 5.65. The highest BCUT2D eigenvalue weighted by Crippen LogP contribution is 2.35. The van der Waals surface area contributed by atoms with Crippen LogP contribution < -0.4 is 5.73 Å². The van der Waals surface area contributed by atoms with Crippen molar-refractivity contribution in [1.29, 1.82) is 0 Å². The Balaban J connectivity index is 1.98. The lowest BCUT2D eigenvalue weighted by atomic mass is 9.90. The van der Waals surface area contributed by atoms with Crippen LogP contribution in [0.15, 0.2) is 0 Å².